The summed E-state index contributed by atoms with van der Waals surface area (Å²) in [6.07, 6.45) is 2.02. The maximum Gasteiger partial charge on any atom is 0.144 e. The predicted octanol–water partition coefficient (Wildman–Crippen LogP) is 2.44. The number of ketones is 1. The van der Waals surface area contributed by atoms with Gasteiger partial charge in [0.2, 0.25) is 0 Å². The van der Waals surface area contributed by atoms with Gasteiger partial charge in [-0.05, 0) is 36.6 Å². The summed E-state index contributed by atoms with van der Waals surface area (Å²) in [4.78, 5) is 11.9. The molecule has 1 fully saturated rings. The van der Waals surface area contributed by atoms with Gasteiger partial charge in [0, 0.05) is 22.9 Å². The Kier molecular flexibility index (Phi) is 3.13. The largest absolute Gasteiger partial charge is 0.329 e. The Morgan fingerprint density at radius 2 is 2.12 bits per heavy atom. The summed E-state index contributed by atoms with van der Waals surface area (Å²) in [6, 6.07) is 4.55. The molecule has 0 aliphatic heterocycles. The fourth-order valence-corrected chi connectivity index (χ4v) is 2.35. The molecule has 1 aliphatic carbocycles. The van der Waals surface area contributed by atoms with Crippen molar-refractivity contribution in [2.75, 3.05) is 6.54 Å². The molecule has 2 nitrogen and oxygen atoms in total. The third-order valence-corrected chi connectivity index (χ3v) is 3.58. The molecule has 86 valence electrons. The number of nitrogens with two attached hydrogens (primary N) is 1. The summed E-state index contributed by atoms with van der Waals surface area (Å²) in [7, 11) is 0. The maximum absolute atomic E-state index is 13.1. The molecule has 0 heterocycles. The zero-order valence-electron chi connectivity index (χ0n) is 8.80. The van der Waals surface area contributed by atoms with Gasteiger partial charge in [-0.3, -0.25) is 4.79 Å². The monoisotopic (exact) mass is 285 g/mol. The molecule has 0 saturated heterocycles. The second-order valence-electron chi connectivity index (χ2n) is 4.36. The van der Waals surface area contributed by atoms with Crippen molar-refractivity contribution in [3.05, 3.63) is 34.1 Å². The molecule has 1 saturated carbocycles. The Morgan fingerprint density at radius 3 is 2.62 bits per heavy atom. The molecule has 0 spiro atoms. The SMILES string of the molecule is NCC1(C(=O)Cc2cc(F)cc(Br)c2)CC1. The standard InChI is InChI=1S/C12H13BrFNO/c13-9-3-8(4-10(14)6-9)5-11(16)12(7-15)1-2-12/h3-4,6H,1-2,5,7,15H2. The van der Waals surface area contributed by atoms with Gasteiger partial charge < -0.3 is 5.73 Å². The number of hydrogen-bond donors (Lipinski definition) is 1. The zero-order chi connectivity index (χ0) is 11.8. The highest BCUT2D eigenvalue weighted by Gasteiger charge is 2.47. The van der Waals surface area contributed by atoms with Gasteiger partial charge in [0.25, 0.3) is 0 Å². The number of carbonyl (C=O) groups is 1. The normalized spacial score (nSPS) is 17.2. The average Bonchev–Trinajstić information content (AvgIpc) is 2.96. The molecule has 0 bridgehead atoms. The highest BCUT2D eigenvalue weighted by molar-refractivity contribution is 9.10. The van der Waals surface area contributed by atoms with E-state index in [1.807, 2.05) is 0 Å². The smallest absolute Gasteiger partial charge is 0.144 e. The third-order valence-electron chi connectivity index (χ3n) is 3.12. The van der Waals surface area contributed by atoms with Crippen molar-refractivity contribution < 1.29 is 9.18 Å². The molecule has 1 aromatic carbocycles. The van der Waals surface area contributed by atoms with Crippen LogP contribution in [0, 0.1) is 11.2 Å². The Labute approximate surface area is 102 Å². The van der Waals surface area contributed by atoms with Crippen LogP contribution in [0.25, 0.3) is 0 Å². The number of Topliss-reactive ketones (excluding diaryl/α,β-unsaturated/α-hetero) is 1. The van der Waals surface area contributed by atoms with E-state index in [9.17, 15) is 9.18 Å². The number of halogens is 2. The fourth-order valence-electron chi connectivity index (χ4n) is 1.83. The van der Waals surface area contributed by atoms with E-state index >= 15 is 0 Å². The quantitative estimate of drug-likeness (QED) is 0.923. The lowest BCUT2D eigenvalue weighted by molar-refractivity contribution is -0.123. The predicted molar refractivity (Wildman–Crippen MR) is 63.5 cm³/mol. The van der Waals surface area contributed by atoms with Crippen LogP contribution in [0.5, 0.6) is 0 Å². The van der Waals surface area contributed by atoms with E-state index in [4.69, 9.17) is 5.73 Å². The van der Waals surface area contributed by atoms with Gasteiger partial charge in [-0.2, -0.15) is 0 Å². The molecule has 1 aliphatic rings. The first-order chi connectivity index (χ1) is 7.55. The highest BCUT2D eigenvalue weighted by atomic mass is 79.9. The van der Waals surface area contributed by atoms with Crippen LogP contribution in [0.2, 0.25) is 0 Å². The molecular formula is C12H13BrFNO. The van der Waals surface area contributed by atoms with Crippen LogP contribution in [0.1, 0.15) is 18.4 Å². The zero-order valence-corrected chi connectivity index (χ0v) is 10.4. The maximum atomic E-state index is 13.1. The number of carbonyl (C=O) groups excluding carboxylic acids is 1. The van der Waals surface area contributed by atoms with Gasteiger partial charge in [0.1, 0.15) is 11.6 Å². The van der Waals surface area contributed by atoms with E-state index in [0.717, 1.165) is 12.8 Å². The molecule has 2 N–H and O–H groups in total. The molecule has 0 aromatic heterocycles. The second-order valence-corrected chi connectivity index (χ2v) is 5.28. The van der Waals surface area contributed by atoms with Gasteiger partial charge in [-0.1, -0.05) is 15.9 Å². The van der Waals surface area contributed by atoms with Gasteiger partial charge >= 0.3 is 0 Å². The van der Waals surface area contributed by atoms with Gasteiger partial charge in [0.15, 0.2) is 0 Å². The van der Waals surface area contributed by atoms with Crippen molar-refractivity contribution in [2.45, 2.75) is 19.3 Å². The second kappa shape index (κ2) is 4.26. The molecule has 0 radical (unpaired) electrons. The van der Waals surface area contributed by atoms with Crippen LogP contribution in [-0.4, -0.2) is 12.3 Å². The van der Waals surface area contributed by atoms with Crippen molar-refractivity contribution in [1.82, 2.24) is 0 Å². The minimum atomic E-state index is -0.324. The van der Waals surface area contributed by atoms with E-state index in [1.165, 1.54) is 12.1 Å². The van der Waals surface area contributed by atoms with E-state index in [2.05, 4.69) is 15.9 Å². The Hall–Kier alpha value is -0.740. The van der Waals surface area contributed by atoms with Crippen molar-refractivity contribution in [3.8, 4) is 0 Å². The van der Waals surface area contributed by atoms with Crippen molar-refractivity contribution in [3.63, 3.8) is 0 Å². The molecule has 0 unspecified atom stereocenters. The van der Waals surface area contributed by atoms with E-state index < -0.39 is 0 Å². The lowest BCUT2D eigenvalue weighted by Gasteiger charge is -2.10. The first kappa shape index (κ1) is 11.7. The summed E-state index contributed by atoms with van der Waals surface area (Å²) in [6.45, 7) is 0.405. The van der Waals surface area contributed by atoms with Crippen LogP contribution in [0.15, 0.2) is 22.7 Å². The number of benzene rings is 1. The third kappa shape index (κ3) is 2.33. The molecule has 16 heavy (non-hydrogen) atoms. The number of rotatable bonds is 4. The minimum Gasteiger partial charge on any atom is -0.329 e. The van der Waals surface area contributed by atoms with Crippen LogP contribution in [0.4, 0.5) is 4.39 Å². The van der Waals surface area contributed by atoms with Crippen LogP contribution >= 0.6 is 15.9 Å². The van der Waals surface area contributed by atoms with Crippen LogP contribution in [0.3, 0.4) is 0 Å². The highest BCUT2D eigenvalue weighted by Crippen LogP contribution is 2.46. The minimum absolute atomic E-state index is 0.132. The Bertz CT molecular complexity index is 409. The van der Waals surface area contributed by atoms with Gasteiger partial charge in [0.05, 0.1) is 0 Å². The van der Waals surface area contributed by atoms with Crippen molar-refractivity contribution >= 4 is 21.7 Å². The van der Waals surface area contributed by atoms with E-state index in [0.29, 0.717) is 16.6 Å². The molecule has 4 heteroatoms. The molecule has 1 aromatic rings. The lowest BCUT2D eigenvalue weighted by Crippen LogP contribution is -2.26. The van der Waals surface area contributed by atoms with E-state index in [1.54, 1.807) is 6.07 Å². The molecule has 2 rings (SSSR count). The first-order valence-corrected chi connectivity index (χ1v) is 6.03. The molecule has 0 atom stereocenters. The fraction of sp³-hybridized carbons (Fsp3) is 0.417. The summed E-state index contributed by atoms with van der Waals surface area (Å²) < 4.78 is 13.8. The summed E-state index contributed by atoms with van der Waals surface area (Å²) in [5, 5.41) is 0. The Balaban J connectivity index is 2.12. The molecular weight excluding hydrogens is 273 g/mol. The summed E-state index contributed by atoms with van der Waals surface area (Å²) in [5.41, 5.74) is 5.98. The van der Waals surface area contributed by atoms with Crippen molar-refractivity contribution in [2.24, 2.45) is 11.1 Å². The lowest BCUT2D eigenvalue weighted by atomic mass is 9.95. The van der Waals surface area contributed by atoms with E-state index in [-0.39, 0.29) is 23.4 Å². The van der Waals surface area contributed by atoms with Crippen LogP contribution in [-0.2, 0) is 11.2 Å². The Morgan fingerprint density at radius 1 is 1.44 bits per heavy atom. The summed E-state index contributed by atoms with van der Waals surface area (Å²) in [5.74, 6) is -0.192. The summed E-state index contributed by atoms with van der Waals surface area (Å²) >= 11 is 3.21. The van der Waals surface area contributed by atoms with Crippen LogP contribution < -0.4 is 5.73 Å². The van der Waals surface area contributed by atoms with Crippen molar-refractivity contribution in [1.29, 1.82) is 0 Å². The van der Waals surface area contributed by atoms with Gasteiger partial charge in [-0.25, -0.2) is 4.39 Å². The van der Waals surface area contributed by atoms with Gasteiger partial charge in [-0.15, -0.1) is 0 Å². The molecule has 0 amide bonds. The first-order valence-electron chi connectivity index (χ1n) is 5.24. The average molecular weight is 286 g/mol. The topological polar surface area (TPSA) is 43.1 Å². The number of hydrogen-bond acceptors (Lipinski definition) is 2.